The molecule has 1 N–H and O–H groups in total. The summed E-state index contributed by atoms with van der Waals surface area (Å²) in [4.78, 5) is 20.9. The molecule has 1 saturated heterocycles. The average Bonchev–Trinajstić information content (AvgIpc) is 2.88. The summed E-state index contributed by atoms with van der Waals surface area (Å²) in [5.74, 6) is 0.0765. The Hall–Kier alpha value is -1.40. The number of thiazole rings is 1. The van der Waals surface area contributed by atoms with Crippen LogP contribution in [0, 0.1) is 0 Å². The highest BCUT2D eigenvalue weighted by Gasteiger charge is 2.24. The molecule has 0 radical (unpaired) electrons. The van der Waals surface area contributed by atoms with Crippen molar-refractivity contribution in [3.8, 4) is 0 Å². The van der Waals surface area contributed by atoms with Crippen molar-refractivity contribution in [3.05, 3.63) is 24.2 Å². The smallest absolute Gasteiger partial charge is 0.237 e. The van der Waals surface area contributed by atoms with Crippen molar-refractivity contribution in [2.75, 3.05) is 37.6 Å². The van der Waals surface area contributed by atoms with Crippen LogP contribution in [-0.2, 0) is 4.79 Å². The first kappa shape index (κ1) is 15.0. The topological polar surface area (TPSA) is 48.5 Å². The van der Waals surface area contributed by atoms with Crippen LogP contribution in [0.3, 0.4) is 0 Å². The fourth-order valence-electron chi connectivity index (χ4n) is 2.37. The maximum absolute atomic E-state index is 12.0. The Morgan fingerprint density at radius 1 is 1.55 bits per heavy atom. The van der Waals surface area contributed by atoms with E-state index in [-0.39, 0.29) is 11.9 Å². The van der Waals surface area contributed by atoms with E-state index in [0.29, 0.717) is 6.54 Å². The molecule has 1 amide bonds. The predicted octanol–water partition coefficient (Wildman–Crippen LogP) is 1.35. The minimum atomic E-state index is -0.0915. The molecule has 0 spiro atoms. The van der Waals surface area contributed by atoms with Gasteiger partial charge in [0.1, 0.15) is 0 Å². The van der Waals surface area contributed by atoms with Crippen LogP contribution in [0.5, 0.6) is 0 Å². The Morgan fingerprint density at radius 3 is 3.10 bits per heavy atom. The Bertz CT molecular complexity index is 434. The lowest BCUT2D eigenvalue weighted by Crippen LogP contribution is -2.46. The fraction of sp³-hybridized carbons (Fsp3) is 0.571. The van der Waals surface area contributed by atoms with E-state index in [9.17, 15) is 4.79 Å². The summed E-state index contributed by atoms with van der Waals surface area (Å²) in [5.41, 5.74) is 0. The van der Waals surface area contributed by atoms with Crippen LogP contribution in [0.1, 0.15) is 13.3 Å². The molecule has 2 rings (SSSR count). The minimum Gasteiger partial charge on any atom is -0.351 e. The molecule has 1 aromatic heterocycles. The first-order valence-corrected chi connectivity index (χ1v) is 7.87. The Balaban J connectivity index is 1.88. The van der Waals surface area contributed by atoms with Gasteiger partial charge in [0.2, 0.25) is 5.91 Å². The number of rotatable bonds is 5. The first-order valence-electron chi connectivity index (χ1n) is 6.99. The number of aromatic nitrogens is 1. The number of anilines is 1. The zero-order valence-corrected chi connectivity index (χ0v) is 12.7. The van der Waals surface area contributed by atoms with E-state index in [1.165, 1.54) is 0 Å². The van der Waals surface area contributed by atoms with Crippen molar-refractivity contribution in [2.45, 2.75) is 19.4 Å². The van der Waals surface area contributed by atoms with Crippen LogP contribution in [-0.4, -0.2) is 54.6 Å². The highest BCUT2D eigenvalue weighted by molar-refractivity contribution is 7.13. The minimum absolute atomic E-state index is 0.0765. The fourth-order valence-corrected chi connectivity index (χ4v) is 3.07. The number of nitrogens with zero attached hydrogens (tertiary/aromatic N) is 3. The highest BCUT2D eigenvalue weighted by atomic mass is 32.1. The number of carbonyl (C=O) groups excluding carboxylic acids is 1. The second-order valence-electron chi connectivity index (χ2n) is 4.90. The lowest BCUT2D eigenvalue weighted by Gasteiger charge is -2.26. The third-order valence-corrected chi connectivity index (χ3v) is 4.40. The number of carbonyl (C=O) groups is 1. The number of hydrogen-bond acceptors (Lipinski definition) is 5. The molecule has 0 aromatic carbocycles. The first-order chi connectivity index (χ1) is 9.72. The Morgan fingerprint density at radius 2 is 2.40 bits per heavy atom. The van der Waals surface area contributed by atoms with Crippen LogP contribution in [0.2, 0.25) is 0 Å². The summed E-state index contributed by atoms with van der Waals surface area (Å²) in [6.07, 6.45) is 4.60. The Kier molecular flexibility index (Phi) is 5.55. The molecule has 1 aliphatic heterocycles. The van der Waals surface area contributed by atoms with Gasteiger partial charge < -0.3 is 10.2 Å². The molecule has 1 aromatic rings. The van der Waals surface area contributed by atoms with Crippen molar-refractivity contribution in [1.82, 2.24) is 15.2 Å². The number of amides is 1. The molecule has 5 nitrogen and oxygen atoms in total. The maximum atomic E-state index is 12.0. The van der Waals surface area contributed by atoms with E-state index in [2.05, 4.69) is 26.7 Å². The highest BCUT2D eigenvalue weighted by Crippen LogP contribution is 2.19. The second-order valence-corrected chi connectivity index (χ2v) is 5.77. The van der Waals surface area contributed by atoms with Gasteiger partial charge in [-0.2, -0.15) is 0 Å². The zero-order valence-electron chi connectivity index (χ0n) is 11.9. The molecule has 0 bridgehead atoms. The van der Waals surface area contributed by atoms with Crippen molar-refractivity contribution in [1.29, 1.82) is 0 Å². The molecule has 1 aliphatic rings. The monoisotopic (exact) mass is 294 g/mol. The molecule has 2 heterocycles. The Labute approximate surface area is 124 Å². The van der Waals surface area contributed by atoms with E-state index >= 15 is 0 Å². The summed E-state index contributed by atoms with van der Waals surface area (Å²) in [6.45, 7) is 9.89. The van der Waals surface area contributed by atoms with Crippen LogP contribution in [0.4, 0.5) is 5.13 Å². The van der Waals surface area contributed by atoms with Crippen molar-refractivity contribution < 1.29 is 4.79 Å². The summed E-state index contributed by atoms with van der Waals surface area (Å²) >= 11 is 1.67. The third-order valence-electron chi connectivity index (χ3n) is 3.57. The second kappa shape index (κ2) is 7.40. The third kappa shape index (κ3) is 3.80. The quantitative estimate of drug-likeness (QED) is 0.833. The maximum Gasteiger partial charge on any atom is 0.237 e. The van der Waals surface area contributed by atoms with E-state index < -0.39 is 0 Å². The van der Waals surface area contributed by atoms with Gasteiger partial charge in [0.05, 0.1) is 6.04 Å². The van der Waals surface area contributed by atoms with Crippen LogP contribution < -0.4 is 10.2 Å². The van der Waals surface area contributed by atoms with E-state index in [4.69, 9.17) is 0 Å². The van der Waals surface area contributed by atoms with Gasteiger partial charge in [-0.25, -0.2) is 4.98 Å². The van der Waals surface area contributed by atoms with Gasteiger partial charge in [0, 0.05) is 44.3 Å². The van der Waals surface area contributed by atoms with E-state index in [0.717, 1.165) is 37.7 Å². The van der Waals surface area contributed by atoms with Crippen LogP contribution in [0.15, 0.2) is 24.2 Å². The zero-order chi connectivity index (χ0) is 14.4. The molecule has 1 unspecified atom stereocenters. The molecule has 20 heavy (non-hydrogen) atoms. The lowest BCUT2D eigenvalue weighted by molar-refractivity contribution is -0.125. The van der Waals surface area contributed by atoms with Gasteiger partial charge in [-0.3, -0.25) is 9.69 Å². The van der Waals surface area contributed by atoms with Crippen molar-refractivity contribution >= 4 is 22.4 Å². The summed E-state index contributed by atoms with van der Waals surface area (Å²) < 4.78 is 0. The van der Waals surface area contributed by atoms with Gasteiger partial charge in [-0.05, 0) is 13.3 Å². The summed E-state index contributed by atoms with van der Waals surface area (Å²) in [6, 6.07) is -0.0915. The van der Waals surface area contributed by atoms with Crippen molar-refractivity contribution in [2.24, 2.45) is 0 Å². The normalized spacial score (nSPS) is 18.4. The molecule has 110 valence electrons. The molecule has 1 fully saturated rings. The predicted molar refractivity (Wildman–Crippen MR) is 83.2 cm³/mol. The lowest BCUT2D eigenvalue weighted by atomic mass is 10.2. The van der Waals surface area contributed by atoms with Crippen LogP contribution >= 0.6 is 11.3 Å². The van der Waals surface area contributed by atoms with E-state index in [1.807, 2.05) is 18.5 Å². The van der Waals surface area contributed by atoms with Gasteiger partial charge in [-0.15, -0.1) is 17.9 Å². The van der Waals surface area contributed by atoms with E-state index in [1.54, 1.807) is 17.4 Å². The number of nitrogens with one attached hydrogen (secondary N) is 1. The molecule has 6 heteroatoms. The number of hydrogen-bond donors (Lipinski definition) is 1. The molecular formula is C14H22N4OS. The van der Waals surface area contributed by atoms with Crippen molar-refractivity contribution in [3.63, 3.8) is 0 Å². The van der Waals surface area contributed by atoms with Gasteiger partial charge in [0.15, 0.2) is 5.13 Å². The summed E-state index contributed by atoms with van der Waals surface area (Å²) in [5, 5.41) is 5.95. The molecule has 0 saturated carbocycles. The molecular weight excluding hydrogens is 272 g/mol. The molecule has 1 atom stereocenters. The summed E-state index contributed by atoms with van der Waals surface area (Å²) in [7, 11) is 0. The molecule has 0 aliphatic carbocycles. The largest absolute Gasteiger partial charge is 0.351 e. The van der Waals surface area contributed by atoms with Gasteiger partial charge in [-0.1, -0.05) is 6.08 Å². The SMILES string of the molecule is C=CCNC(=O)C(C)N1CCCN(c2nccs2)CC1. The van der Waals surface area contributed by atoms with Gasteiger partial charge >= 0.3 is 0 Å². The average molecular weight is 294 g/mol. The standard InChI is InChI=1S/C14H22N4OS/c1-3-5-15-13(19)12(2)17-7-4-8-18(10-9-17)14-16-6-11-20-14/h3,6,11-12H,1,4-5,7-10H2,2H3,(H,15,19). The van der Waals surface area contributed by atoms with Gasteiger partial charge in [0.25, 0.3) is 0 Å². The van der Waals surface area contributed by atoms with Crippen LogP contribution in [0.25, 0.3) is 0 Å².